The molecule has 2 unspecified atom stereocenters. The van der Waals surface area contributed by atoms with Crippen LogP contribution >= 0.6 is 23.8 Å². The summed E-state index contributed by atoms with van der Waals surface area (Å²) in [5, 5.41) is 2.30. The van der Waals surface area contributed by atoms with Crippen molar-refractivity contribution in [2.45, 2.75) is 33.2 Å². The topological polar surface area (TPSA) is 104 Å². The molecule has 1 aromatic carbocycles. The van der Waals surface area contributed by atoms with E-state index in [0.29, 0.717) is 11.0 Å². The highest BCUT2D eigenvalue weighted by molar-refractivity contribution is 7.71. The van der Waals surface area contributed by atoms with Gasteiger partial charge in [-0.15, -0.1) is 0 Å². The van der Waals surface area contributed by atoms with Crippen LogP contribution in [0.1, 0.15) is 37.6 Å². The molecule has 0 spiro atoms. The van der Waals surface area contributed by atoms with Gasteiger partial charge in [0.1, 0.15) is 11.9 Å². The van der Waals surface area contributed by atoms with Crippen LogP contribution in [0.25, 0.3) is 5.69 Å². The fourth-order valence-electron chi connectivity index (χ4n) is 2.98. The van der Waals surface area contributed by atoms with E-state index in [1.165, 1.54) is 14.1 Å². The number of hydrogen-bond donors (Lipinski definition) is 1. The largest absolute Gasteiger partial charge is 0.464 e. The predicted molar refractivity (Wildman–Crippen MR) is 119 cm³/mol. The number of nitrogens with one attached hydrogen (secondary N) is 1. The van der Waals surface area contributed by atoms with E-state index in [9.17, 15) is 23.6 Å². The molecule has 0 aliphatic heterocycles. The van der Waals surface area contributed by atoms with Crippen molar-refractivity contribution >= 4 is 35.7 Å². The minimum absolute atomic E-state index is 0.0607. The summed E-state index contributed by atoms with van der Waals surface area (Å²) in [6, 6.07) is 0.837. The third-order valence-corrected chi connectivity index (χ3v) is 5.95. The van der Waals surface area contributed by atoms with Crippen LogP contribution in [-0.4, -0.2) is 38.2 Å². The third-order valence-electron chi connectivity index (χ3n) is 5.09. The van der Waals surface area contributed by atoms with Gasteiger partial charge in [0.15, 0.2) is 4.77 Å². The number of esters is 1. The van der Waals surface area contributed by atoms with Crippen LogP contribution in [0.4, 0.5) is 4.39 Å². The fourth-order valence-corrected chi connectivity index (χ4v) is 3.37. The molecule has 174 valence electrons. The smallest absolute Gasteiger partial charge is 0.338 e. The van der Waals surface area contributed by atoms with Crippen molar-refractivity contribution in [3.05, 3.63) is 54.3 Å². The number of amides is 1. The zero-order valence-electron chi connectivity index (χ0n) is 18.3. The van der Waals surface area contributed by atoms with E-state index in [4.69, 9.17) is 28.6 Å². The highest BCUT2D eigenvalue weighted by Gasteiger charge is 2.29. The maximum absolute atomic E-state index is 14.7. The Morgan fingerprint density at radius 2 is 1.75 bits per heavy atom. The number of hydrogen-bond acceptors (Lipinski definition) is 6. The lowest BCUT2D eigenvalue weighted by Crippen LogP contribution is -2.46. The number of aromatic nitrogens is 3. The van der Waals surface area contributed by atoms with E-state index >= 15 is 0 Å². The maximum atomic E-state index is 14.7. The van der Waals surface area contributed by atoms with Gasteiger partial charge in [-0.05, 0) is 37.2 Å². The molecule has 0 bridgehead atoms. The molecule has 12 heteroatoms. The van der Waals surface area contributed by atoms with Crippen molar-refractivity contribution in [3.8, 4) is 5.69 Å². The highest BCUT2D eigenvalue weighted by atomic mass is 35.5. The molecule has 0 saturated heterocycles. The summed E-state index contributed by atoms with van der Waals surface area (Å²) in [7, 11) is 2.66. The number of nitrogens with zero attached hydrogens (tertiary/aromatic N) is 3. The number of ether oxygens (including phenoxy) is 1. The van der Waals surface area contributed by atoms with Crippen LogP contribution in [0.2, 0.25) is 5.02 Å². The molecule has 1 aromatic heterocycles. The van der Waals surface area contributed by atoms with E-state index in [2.05, 4.69) is 5.32 Å². The molecular weight excluding hydrogens is 463 g/mol. The van der Waals surface area contributed by atoms with Gasteiger partial charge in [0.25, 0.3) is 5.91 Å². The Kier molecular flexibility index (Phi) is 8.13. The molecule has 1 heterocycles. The first kappa shape index (κ1) is 25.5. The second-order valence-corrected chi connectivity index (χ2v) is 7.95. The van der Waals surface area contributed by atoms with E-state index < -0.39 is 40.8 Å². The summed E-state index contributed by atoms with van der Waals surface area (Å²) in [6.45, 7) is 5.38. The third kappa shape index (κ3) is 4.83. The van der Waals surface area contributed by atoms with Crippen molar-refractivity contribution in [2.75, 3.05) is 6.61 Å². The lowest BCUT2D eigenvalue weighted by Gasteiger charge is -2.23. The Balaban J connectivity index is 2.63. The fraction of sp³-hybridized carbons (Fsp3) is 0.450. The molecule has 2 aromatic rings. The van der Waals surface area contributed by atoms with Gasteiger partial charge in [0.05, 0.1) is 22.9 Å². The number of benzene rings is 1. The minimum Gasteiger partial charge on any atom is -0.464 e. The maximum Gasteiger partial charge on any atom is 0.338 e. The summed E-state index contributed by atoms with van der Waals surface area (Å²) < 4.78 is 22.2. The summed E-state index contributed by atoms with van der Waals surface area (Å²) in [4.78, 5) is 50.5. The summed E-state index contributed by atoms with van der Waals surface area (Å²) in [5.41, 5.74) is -2.49. The van der Waals surface area contributed by atoms with Crippen LogP contribution in [0.15, 0.2) is 21.7 Å². The number of carbonyl (C=O) groups excluding carboxylic acids is 2. The van der Waals surface area contributed by atoms with Gasteiger partial charge >= 0.3 is 17.3 Å². The van der Waals surface area contributed by atoms with Crippen molar-refractivity contribution in [3.63, 3.8) is 0 Å². The average Bonchev–Trinajstić information content (AvgIpc) is 2.75. The molecule has 2 atom stereocenters. The molecule has 9 nitrogen and oxygen atoms in total. The van der Waals surface area contributed by atoms with Crippen molar-refractivity contribution in [2.24, 2.45) is 20.0 Å². The van der Waals surface area contributed by atoms with Crippen LogP contribution in [0.5, 0.6) is 0 Å². The van der Waals surface area contributed by atoms with E-state index in [1.807, 2.05) is 6.92 Å². The van der Waals surface area contributed by atoms with Gasteiger partial charge in [-0.25, -0.2) is 23.3 Å². The summed E-state index contributed by atoms with van der Waals surface area (Å²) in [6.07, 6.45) is 0.571. The number of halogens is 2. The second kappa shape index (κ2) is 10.2. The Morgan fingerprint density at radius 3 is 2.25 bits per heavy atom. The first-order chi connectivity index (χ1) is 15.0. The van der Waals surface area contributed by atoms with Crippen LogP contribution in [0.3, 0.4) is 0 Å². The van der Waals surface area contributed by atoms with Crippen molar-refractivity contribution < 1.29 is 18.7 Å². The minimum atomic E-state index is -0.994. The average molecular weight is 487 g/mol. The van der Waals surface area contributed by atoms with Crippen LogP contribution in [0, 0.1) is 16.5 Å². The molecule has 0 saturated carbocycles. The molecule has 1 N–H and O–H groups in total. The monoisotopic (exact) mass is 486 g/mol. The van der Waals surface area contributed by atoms with E-state index in [-0.39, 0.29) is 27.9 Å². The second-order valence-electron chi connectivity index (χ2n) is 7.17. The van der Waals surface area contributed by atoms with Gasteiger partial charge in [-0.3, -0.25) is 13.9 Å². The van der Waals surface area contributed by atoms with Gasteiger partial charge in [0.2, 0.25) is 0 Å². The van der Waals surface area contributed by atoms with Crippen molar-refractivity contribution in [1.29, 1.82) is 0 Å². The van der Waals surface area contributed by atoms with Crippen molar-refractivity contribution in [1.82, 2.24) is 19.0 Å². The molecule has 0 aliphatic carbocycles. The molecule has 0 radical (unpaired) electrons. The first-order valence-electron chi connectivity index (χ1n) is 9.82. The predicted octanol–water partition coefficient (Wildman–Crippen LogP) is 2.10. The Morgan fingerprint density at radius 1 is 1.19 bits per heavy atom. The lowest BCUT2D eigenvalue weighted by atomic mass is 9.98. The van der Waals surface area contributed by atoms with E-state index in [1.54, 1.807) is 13.8 Å². The molecule has 0 fully saturated rings. The zero-order chi connectivity index (χ0) is 24.3. The molecule has 0 aliphatic rings. The summed E-state index contributed by atoms with van der Waals surface area (Å²) in [5.74, 6) is -2.66. The number of carbonyl (C=O) groups is 2. The molecule has 2 rings (SSSR count). The molecule has 1 amide bonds. The zero-order valence-corrected chi connectivity index (χ0v) is 19.8. The Labute approximate surface area is 193 Å². The standard InChI is InChI=1S/C20H24ClFN4O5S/c1-6-10(3)15(17(28)31-7-2)23-16(27)11-8-14(13(22)9-12(11)21)26-18(29)24(4)20(32)25(5)19(26)30/h8-10,15H,6-7H2,1-5H3,(H,23,27). The molecular formula is C20H24ClFN4O5S. The van der Waals surface area contributed by atoms with Gasteiger partial charge < -0.3 is 10.1 Å². The van der Waals surface area contributed by atoms with Gasteiger partial charge in [-0.1, -0.05) is 31.9 Å². The van der Waals surface area contributed by atoms with Crippen LogP contribution < -0.4 is 16.7 Å². The highest BCUT2D eigenvalue weighted by Crippen LogP contribution is 2.23. The van der Waals surface area contributed by atoms with Crippen LogP contribution in [-0.2, 0) is 23.6 Å². The lowest BCUT2D eigenvalue weighted by molar-refractivity contribution is -0.146. The Bertz CT molecular complexity index is 1200. The quantitative estimate of drug-likeness (QED) is 0.475. The SMILES string of the molecule is CCOC(=O)C(NC(=O)c1cc(-n2c(=O)n(C)c(=S)n(C)c2=O)c(F)cc1Cl)C(C)CC. The van der Waals surface area contributed by atoms with Gasteiger partial charge in [0, 0.05) is 14.1 Å². The molecule has 32 heavy (non-hydrogen) atoms. The Hall–Kier alpha value is -2.79. The normalized spacial score (nSPS) is 12.8. The number of rotatable bonds is 7. The first-order valence-corrected chi connectivity index (χ1v) is 10.6. The summed E-state index contributed by atoms with van der Waals surface area (Å²) >= 11 is 11.1. The van der Waals surface area contributed by atoms with E-state index in [0.717, 1.165) is 21.3 Å². The van der Waals surface area contributed by atoms with Gasteiger partial charge in [-0.2, -0.15) is 0 Å².